The van der Waals surface area contributed by atoms with Gasteiger partial charge in [-0.05, 0) is 48.6 Å². The summed E-state index contributed by atoms with van der Waals surface area (Å²) in [6, 6.07) is 5.45. The van der Waals surface area contributed by atoms with Gasteiger partial charge in [0, 0.05) is 10.0 Å². The third-order valence-corrected chi connectivity index (χ3v) is 4.42. The molecule has 0 fully saturated rings. The second-order valence-corrected chi connectivity index (χ2v) is 6.38. The van der Waals surface area contributed by atoms with Gasteiger partial charge in [-0.1, -0.05) is 15.9 Å². The molecule has 0 atom stereocenters. The Bertz CT molecular complexity index is 689. The number of methoxy groups -OCH3 is 1. The number of ether oxygens (including phenoxy) is 1. The number of rotatable bonds is 3. The van der Waals surface area contributed by atoms with Gasteiger partial charge in [-0.15, -0.1) is 11.3 Å². The van der Waals surface area contributed by atoms with Gasteiger partial charge < -0.3 is 10.1 Å². The summed E-state index contributed by atoms with van der Waals surface area (Å²) in [4.78, 5) is 24.5. The summed E-state index contributed by atoms with van der Waals surface area (Å²) in [5.41, 5.74) is 2.85. The highest BCUT2D eigenvalue weighted by Gasteiger charge is 2.19. The molecule has 0 aliphatic rings. The number of hydrogen-bond donors (Lipinski definition) is 1. The Morgan fingerprint density at radius 1 is 1.24 bits per heavy atom. The fraction of sp³-hybridized carbons (Fsp3) is 0.200. The molecular formula is C15H14BrNO3S. The number of esters is 1. The Morgan fingerprint density at radius 2 is 1.95 bits per heavy atom. The van der Waals surface area contributed by atoms with Crippen LogP contribution >= 0.6 is 27.3 Å². The van der Waals surface area contributed by atoms with Gasteiger partial charge in [0.1, 0.15) is 4.88 Å². The number of nitrogens with one attached hydrogen (secondary N) is 1. The van der Waals surface area contributed by atoms with E-state index in [9.17, 15) is 9.59 Å². The molecule has 0 radical (unpaired) electrons. The number of thiophene rings is 1. The van der Waals surface area contributed by atoms with Crippen LogP contribution < -0.4 is 5.32 Å². The van der Waals surface area contributed by atoms with Gasteiger partial charge >= 0.3 is 5.97 Å². The SMILES string of the molecule is COC(=O)c1scc(C)c1NC(=O)c1cc(C)cc(Br)c1. The fourth-order valence-corrected chi connectivity index (χ4v) is 3.43. The van der Waals surface area contributed by atoms with Crippen molar-refractivity contribution < 1.29 is 14.3 Å². The summed E-state index contributed by atoms with van der Waals surface area (Å²) in [5, 5.41) is 4.61. The molecule has 1 aromatic carbocycles. The summed E-state index contributed by atoms with van der Waals surface area (Å²) >= 11 is 4.62. The number of carbonyl (C=O) groups is 2. The predicted molar refractivity (Wildman–Crippen MR) is 87.2 cm³/mol. The van der Waals surface area contributed by atoms with Crippen molar-refractivity contribution in [2.75, 3.05) is 12.4 Å². The van der Waals surface area contributed by atoms with Gasteiger partial charge in [0.25, 0.3) is 5.91 Å². The number of amides is 1. The lowest BCUT2D eigenvalue weighted by Crippen LogP contribution is -2.15. The molecule has 0 saturated heterocycles. The zero-order chi connectivity index (χ0) is 15.6. The molecule has 0 aliphatic heterocycles. The van der Waals surface area contributed by atoms with Crippen LogP contribution in [0.1, 0.15) is 31.2 Å². The number of carbonyl (C=O) groups excluding carboxylic acids is 2. The van der Waals surface area contributed by atoms with Gasteiger partial charge in [-0.25, -0.2) is 4.79 Å². The minimum absolute atomic E-state index is 0.258. The maximum absolute atomic E-state index is 12.4. The standard InChI is InChI=1S/C15H14BrNO3S/c1-8-4-10(6-11(16)5-8)14(18)17-12-9(2)7-21-13(12)15(19)20-3/h4-7H,1-3H3,(H,17,18). The van der Waals surface area contributed by atoms with E-state index in [0.29, 0.717) is 16.1 Å². The molecular weight excluding hydrogens is 354 g/mol. The summed E-state index contributed by atoms with van der Waals surface area (Å²) in [6.45, 7) is 3.75. The first-order valence-corrected chi connectivity index (χ1v) is 7.84. The molecule has 6 heteroatoms. The van der Waals surface area contributed by atoms with E-state index in [1.54, 1.807) is 12.1 Å². The molecule has 4 nitrogen and oxygen atoms in total. The van der Waals surface area contributed by atoms with E-state index in [4.69, 9.17) is 4.74 Å². The number of aryl methyl sites for hydroxylation is 2. The van der Waals surface area contributed by atoms with Crippen LogP contribution in [0.2, 0.25) is 0 Å². The van der Waals surface area contributed by atoms with Crippen LogP contribution in [0.4, 0.5) is 5.69 Å². The molecule has 1 aromatic heterocycles. The Labute approximate surface area is 135 Å². The highest BCUT2D eigenvalue weighted by Crippen LogP contribution is 2.29. The monoisotopic (exact) mass is 367 g/mol. The van der Waals surface area contributed by atoms with Crippen molar-refractivity contribution >= 4 is 44.8 Å². The molecule has 21 heavy (non-hydrogen) atoms. The molecule has 1 amide bonds. The van der Waals surface area contributed by atoms with E-state index >= 15 is 0 Å². The number of halogens is 1. The summed E-state index contributed by atoms with van der Waals surface area (Å²) in [5.74, 6) is -0.708. The van der Waals surface area contributed by atoms with Crippen LogP contribution in [0.25, 0.3) is 0 Å². The largest absolute Gasteiger partial charge is 0.465 e. The Balaban J connectivity index is 2.31. The van der Waals surface area contributed by atoms with E-state index in [1.165, 1.54) is 18.4 Å². The molecule has 0 spiro atoms. The predicted octanol–water partition coefficient (Wildman–Crippen LogP) is 4.17. The number of hydrogen-bond acceptors (Lipinski definition) is 4. The van der Waals surface area contributed by atoms with Crippen LogP contribution in [0.15, 0.2) is 28.1 Å². The lowest BCUT2D eigenvalue weighted by atomic mass is 10.1. The molecule has 2 rings (SSSR count). The first-order valence-electron chi connectivity index (χ1n) is 6.17. The lowest BCUT2D eigenvalue weighted by Gasteiger charge is -2.08. The van der Waals surface area contributed by atoms with Crippen LogP contribution in [-0.4, -0.2) is 19.0 Å². The van der Waals surface area contributed by atoms with Gasteiger partial charge in [0.15, 0.2) is 0 Å². The van der Waals surface area contributed by atoms with Gasteiger partial charge in [-0.2, -0.15) is 0 Å². The topological polar surface area (TPSA) is 55.4 Å². The molecule has 0 bridgehead atoms. The third-order valence-electron chi connectivity index (χ3n) is 2.89. The van der Waals surface area contributed by atoms with Crippen LogP contribution in [0.5, 0.6) is 0 Å². The van der Waals surface area contributed by atoms with E-state index in [0.717, 1.165) is 15.6 Å². The van der Waals surface area contributed by atoms with Gasteiger partial charge in [0.05, 0.1) is 12.8 Å². The maximum atomic E-state index is 12.4. The quantitative estimate of drug-likeness (QED) is 0.828. The Kier molecular flexibility index (Phi) is 4.80. The molecule has 0 aliphatic carbocycles. The molecule has 110 valence electrons. The normalized spacial score (nSPS) is 10.3. The van der Waals surface area contributed by atoms with E-state index < -0.39 is 5.97 Å². The fourth-order valence-electron chi connectivity index (χ4n) is 1.90. The minimum Gasteiger partial charge on any atom is -0.465 e. The third kappa shape index (κ3) is 3.51. The Morgan fingerprint density at radius 3 is 2.57 bits per heavy atom. The first-order chi connectivity index (χ1) is 9.92. The Hall–Kier alpha value is -1.66. The van der Waals surface area contributed by atoms with Gasteiger partial charge in [-0.3, -0.25) is 4.79 Å². The van der Waals surface area contributed by atoms with Crippen molar-refractivity contribution in [3.8, 4) is 0 Å². The minimum atomic E-state index is -0.450. The highest BCUT2D eigenvalue weighted by molar-refractivity contribution is 9.10. The van der Waals surface area contributed by atoms with Crippen molar-refractivity contribution in [3.63, 3.8) is 0 Å². The maximum Gasteiger partial charge on any atom is 0.350 e. The average molecular weight is 368 g/mol. The molecule has 0 saturated carbocycles. The molecule has 1 N–H and O–H groups in total. The van der Waals surface area contributed by atoms with Crippen LogP contribution in [-0.2, 0) is 4.74 Å². The zero-order valence-electron chi connectivity index (χ0n) is 11.8. The van der Waals surface area contributed by atoms with Crippen molar-refractivity contribution in [1.29, 1.82) is 0 Å². The lowest BCUT2D eigenvalue weighted by molar-refractivity contribution is 0.0607. The molecule has 2 aromatic rings. The second kappa shape index (κ2) is 6.41. The van der Waals surface area contributed by atoms with Crippen molar-refractivity contribution in [1.82, 2.24) is 0 Å². The van der Waals surface area contributed by atoms with Crippen molar-refractivity contribution in [2.24, 2.45) is 0 Å². The van der Waals surface area contributed by atoms with E-state index in [2.05, 4.69) is 21.2 Å². The molecule has 1 heterocycles. The number of benzene rings is 1. The summed E-state index contributed by atoms with van der Waals surface area (Å²) in [6.07, 6.45) is 0. The summed E-state index contributed by atoms with van der Waals surface area (Å²) < 4.78 is 5.56. The molecule has 0 unspecified atom stereocenters. The summed E-state index contributed by atoms with van der Waals surface area (Å²) in [7, 11) is 1.32. The van der Waals surface area contributed by atoms with Gasteiger partial charge in [0.2, 0.25) is 0 Å². The van der Waals surface area contributed by atoms with E-state index in [1.807, 2.05) is 25.3 Å². The average Bonchev–Trinajstić information content (AvgIpc) is 2.78. The highest BCUT2D eigenvalue weighted by atomic mass is 79.9. The smallest absolute Gasteiger partial charge is 0.350 e. The van der Waals surface area contributed by atoms with Crippen LogP contribution in [0, 0.1) is 13.8 Å². The number of anilines is 1. The second-order valence-electron chi connectivity index (χ2n) is 4.59. The first kappa shape index (κ1) is 15.7. The van der Waals surface area contributed by atoms with Crippen molar-refractivity contribution in [2.45, 2.75) is 13.8 Å². The van der Waals surface area contributed by atoms with Crippen molar-refractivity contribution in [3.05, 3.63) is 49.6 Å². The van der Waals surface area contributed by atoms with E-state index in [-0.39, 0.29) is 5.91 Å². The zero-order valence-corrected chi connectivity index (χ0v) is 14.2. The van der Waals surface area contributed by atoms with Crippen LogP contribution in [0.3, 0.4) is 0 Å².